The Labute approximate surface area is 121 Å². The van der Waals surface area contributed by atoms with Gasteiger partial charge in [0, 0.05) is 44.6 Å². The summed E-state index contributed by atoms with van der Waals surface area (Å²) in [5, 5.41) is 0. The zero-order chi connectivity index (χ0) is 14.5. The molecule has 1 saturated heterocycles. The van der Waals surface area contributed by atoms with Crippen LogP contribution in [0.4, 0.5) is 0 Å². The molecule has 5 heteroatoms. The summed E-state index contributed by atoms with van der Waals surface area (Å²) in [6.07, 6.45) is 3.67. The lowest BCUT2D eigenvalue weighted by Gasteiger charge is -2.38. The Balaban J connectivity index is 1.87. The maximum atomic E-state index is 12.0. The lowest BCUT2D eigenvalue weighted by Crippen LogP contribution is -2.51. The van der Waals surface area contributed by atoms with Crippen molar-refractivity contribution in [2.45, 2.75) is 13.0 Å². The van der Waals surface area contributed by atoms with Crippen LogP contribution < -0.4 is 0 Å². The highest BCUT2D eigenvalue weighted by molar-refractivity contribution is 5.78. The van der Waals surface area contributed by atoms with Crippen LogP contribution in [0.25, 0.3) is 0 Å². The normalized spacial score (nSPS) is 18.3. The molecule has 20 heavy (non-hydrogen) atoms. The second kappa shape index (κ2) is 6.81. The average molecular weight is 276 g/mol. The van der Waals surface area contributed by atoms with Crippen LogP contribution in [0.15, 0.2) is 24.5 Å². The number of hydrogen-bond donors (Lipinski definition) is 0. The first-order valence-corrected chi connectivity index (χ1v) is 7.14. The molecule has 0 spiro atoms. The van der Waals surface area contributed by atoms with Gasteiger partial charge in [-0.25, -0.2) is 0 Å². The number of piperazine rings is 1. The molecule has 1 atom stereocenters. The van der Waals surface area contributed by atoms with Crippen molar-refractivity contribution in [3.8, 4) is 0 Å². The summed E-state index contributed by atoms with van der Waals surface area (Å²) in [6, 6.07) is 4.51. The molecule has 0 aromatic carbocycles. The smallest absolute Gasteiger partial charge is 0.236 e. The molecule has 0 bridgehead atoms. The number of pyridine rings is 1. The number of carbonyl (C=O) groups excluding carboxylic acids is 1. The molecule has 1 aromatic rings. The summed E-state index contributed by atoms with van der Waals surface area (Å²) < 4.78 is 0. The second-order valence-corrected chi connectivity index (χ2v) is 5.61. The molecule has 1 fully saturated rings. The lowest BCUT2D eigenvalue weighted by atomic mass is 10.1. The minimum absolute atomic E-state index is 0.228. The first-order chi connectivity index (χ1) is 9.58. The summed E-state index contributed by atoms with van der Waals surface area (Å²) in [5.74, 6) is 0.228. The fourth-order valence-electron chi connectivity index (χ4n) is 2.58. The number of likely N-dealkylation sites (N-methyl/N-ethyl adjacent to an activating group) is 1. The first-order valence-electron chi connectivity index (χ1n) is 7.14. The van der Waals surface area contributed by atoms with Crippen molar-refractivity contribution in [2.75, 3.05) is 46.8 Å². The van der Waals surface area contributed by atoms with E-state index in [4.69, 9.17) is 0 Å². The highest BCUT2D eigenvalue weighted by Crippen LogP contribution is 2.20. The van der Waals surface area contributed by atoms with E-state index >= 15 is 0 Å². The number of aromatic nitrogens is 1. The standard InChI is InChI=1S/C15H24N4O/c1-13(14-4-6-16-7-5-14)18-8-10-19(11-9-18)15(20)12-17(2)3/h4-7,13H,8-12H2,1-3H3. The summed E-state index contributed by atoms with van der Waals surface area (Å²) in [7, 11) is 3.86. The van der Waals surface area contributed by atoms with Gasteiger partial charge in [0.15, 0.2) is 0 Å². The van der Waals surface area contributed by atoms with E-state index in [0.29, 0.717) is 12.6 Å². The highest BCUT2D eigenvalue weighted by Gasteiger charge is 2.24. The van der Waals surface area contributed by atoms with Gasteiger partial charge in [-0.1, -0.05) is 0 Å². The summed E-state index contributed by atoms with van der Waals surface area (Å²) in [5.41, 5.74) is 1.29. The van der Waals surface area contributed by atoms with Gasteiger partial charge in [-0.05, 0) is 38.7 Å². The molecule has 0 radical (unpaired) electrons. The van der Waals surface area contributed by atoms with Crippen molar-refractivity contribution in [3.63, 3.8) is 0 Å². The Morgan fingerprint density at radius 1 is 1.25 bits per heavy atom. The average Bonchev–Trinajstić information content (AvgIpc) is 2.47. The molecule has 2 heterocycles. The fraction of sp³-hybridized carbons (Fsp3) is 0.600. The lowest BCUT2D eigenvalue weighted by molar-refractivity contribution is -0.133. The van der Waals surface area contributed by atoms with E-state index in [1.807, 2.05) is 36.3 Å². The van der Waals surface area contributed by atoms with Crippen molar-refractivity contribution in [1.29, 1.82) is 0 Å². The van der Waals surface area contributed by atoms with E-state index in [2.05, 4.69) is 28.9 Å². The Bertz CT molecular complexity index is 427. The van der Waals surface area contributed by atoms with Crippen molar-refractivity contribution in [1.82, 2.24) is 19.7 Å². The van der Waals surface area contributed by atoms with Crippen LogP contribution in [-0.2, 0) is 4.79 Å². The molecule has 110 valence electrons. The summed E-state index contributed by atoms with van der Waals surface area (Å²) >= 11 is 0. The van der Waals surface area contributed by atoms with Crippen LogP contribution in [0.5, 0.6) is 0 Å². The molecule has 0 N–H and O–H groups in total. The van der Waals surface area contributed by atoms with Crippen LogP contribution in [0, 0.1) is 0 Å². The third-order valence-electron chi connectivity index (χ3n) is 3.85. The number of nitrogens with zero attached hydrogens (tertiary/aromatic N) is 4. The van der Waals surface area contributed by atoms with Crippen molar-refractivity contribution < 1.29 is 4.79 Å². The Kier molecular flexibility index (Phi) is 5.09. The van der Waals surface area contributed by atoms with Crippen LogP contribution in [-0.4, -0.2) is 72.4 Å². The summed E-state index contributed by atoms with van der Waals surface area (Å²) in [4.78, 5) is 22.4. The van der Waals surface area contributed by atoms with E-state index in [9.17, 15) is 4.79 Å². The minimum Gasteiger partial charge on any atom is -0.339 e. The quantitative estimate of drug-likeness (QED) is 0.817. The maximum absolute atomic E-state index is 12.0. The predicted octanol–water partition coefficient (Wildman–Crippen LogP) is 0.848. The third-order valence-corrected chi connectivity index (χ3v) is 3.85. The van der Waals surface area contributed by atoms with Crippen molar-refractivity contribution in [2.24, 2.45) is 0 Å². The van der Waals surface area contributed by atoms with Crippen molar-refractivity contribution in [3.05, 3.63) is 30.1 Å². The highest BCUT2D eigenvalue weighted by atomic mass is 16.2. The zero-order valence-electron chi connectivity index (χ0n) is 12.6. The van der Waals surface area contributed by atoms with Crippen LogP contribution in [0.3, 0.4) is 0 Å². The third kappa shape index (κ3) is 3.77. The number of hydrogen-bond acceptors (Lipinski definition) is 4. The molecule has 0 aliphatic carbocycles. The fourth-order valence-corrected chi connectivity index (χ4v) is 2.58. The molecule has 1 aliphatic heterocycles. The topological polar surface area (TPSA) is 39.7 Å². The Hall–Kier alpha value is -1.46. The molecular formula is C15H24N4O. The monoisotopic (exact) mass is 276 g/mol. The SMILES string of the molecule is CC(c1ccncc1)N1CCN(C(=O)CN(C)C)CC1. The van der Waals surface area contributed by atoms with E-state index in [1.165, 1.54) is 5.56 Å². The van der Waals surface area contributed by atoms with Gasteiger partial charge >= 0.3 is 0 Å². The van der Waals surface area contributed by atoms with E-state index < -0.39 is 0 Å². The zero-order valence-corrected chi connectivity index (χ0v) is 12.6. The number of rotatable bonds is 4. The molecular weight excluding hydrogens is 252 g/mol. The van der Waals surface area contributed by atoms with Gasteiger partial charge in [0.05, 0.1) is 6.54 Å². The summed E-state index contributed by atoms with van der Waals surface area (Å²) in [6.45, 7) is 6.22. The predicted molar refractivity (Wildman–Crippen MR) is 79.4 cm³/mol. The van der Waals surface area contributed by atoms with Crippen LogP contribution in [0.1, 0.15) is 18.5 Å². The first kappa shape index (κ1) is 14.9. The van der Waals surface area contributed by atoms with Gasteiger partial charge in [0.25, 0.3) is 0 Å². The van der Waals surface area contributed by atoms with Gasteiger partial charge in [-0.2, -0.15) is 0 Å². The van der Waals surface area contributed by atoms with Gasteiger partial charge < -0.3 is 9.80 Å². The van der Waals surface area contributed by atoms with Gasteiger partial charge in [-0.15, -0.1) is 0 Å². The molecule has 1 amide bonds. The second-order valence-electron chi connectivity index (χ2n) is 5.61. The molecule has 5 nitrogen and oxygen atoms in total. The maximum Gasteiger partial charge on any atom is 0.236 e. The number of amides is 1. The Morgan fingerprint density at radius 2 is 1.85 bits per heavy atom. The van der Waals surface area contributed by atoms with Gasteiger partial charge in [0.1, 0.15) is 0 Å². The number of carbonyl (C=O) groups is 1. The molecule has 1 unspecified atom stereocenters. The Morgan fingerprint density at radius 3 is 2.40 bits per heavy atom. The molecule has 1 aliphatic rings. The van der Waals surface area contributed by atoms with Crippen LogP contribution in [0.2, 0.25) is 0 Å². The van der Waals surface area contributed by atoms with E-state index in [1.54, 1.807) is 0 Å². The molecule has 1 aromatic heterocycles. The van der Waals surface area contributed by atoms with E-state index in [-0.39, 0.29) is 5.91 Å². The minimum atomic E-state index is 0.228. The van der Waals surface area contributed by atoms with Crippen molar-refractivity contribution >= 4 is 5.91 Å². The largest absolute Gasteiger partial charge is 0.339 e. The van der Waals surface area contributed by atoms with E-state index in [0.717, 1.165) is 26.2 Å². The molecule has 2 rings (SSSR count). The van der Waals surface area contributed by atoms with Gasteiger partial charge in [-0.3, -0.25) is 14.7 Å². The van der Waals surface area contributed by atoms with Gasteiger partial charge in [0.2, 0.25) is 5.91 Å². The van der Waals surface area contributed by atoms with Crippen LogP contribution >= 0.6 is 0 Å². The molecule has 0 saturated carbocycles.